The molecule has 1 fully saturated rings. The molecule has 0 aliphatic carbocycles. The largest absolute Gasteiger partial charge is 0.491 e. The molecule has 1 aliphatic rings. The van der Waals surface area contributed by atoms with E-state index in [1.54, 1.807) is 25.3 Å². The van der Waals surface area contributed by atoms with Crippen molar-refractivity contribution in [3.05, 3.63) is 28.8 Å². The van der Waals surface area contributed by atoms with Crippen molar-refractivity contribution in [3.8, 4) is 11.5 Å². The second kappa shape index (κ2) is 8.94. The van der Waals surface area contributed by atoms with E-state index in [0.717, 1.165) is 38.3 Å². The van der Waals surface area contributed by atoms with Crippen LogP contribution < -0.4 is 9.47 Å². The lowest BCUT2D eigenvalue weighted by atomic mass is 10.1. The molecule has 1 aromatic carbocycles. The van der Waals surface area contributed by atoms with Crippen LogP contribution >= 0.6 is 11.6 Å². The Balaban J connectivity index is 2.07. The Morgan fingerprint density at radius 1 is 1.25 bits per heavy atom. The Labute approximate surface area is 148 Å². The Bertz CT molecular complexity index is 596. The van der Waals surface area contributed by atoms with Crippen molar-refractivity contribution < 1.29 is 14.3 Å². The van der Waals surface area contributed by atoms with E-state index in [0.29, 0.717) is 23.1 Å². The number of benzene rings is 1. The van der Waals surface area contributed by atoms with Crippen molar-refractivity contribution >= 4 is 23.6 Å². The monoisotopic (exact) mass is 352 g/mol. The average Bonchev–Trinajstić information content (AvgIpc) is 2.60. The summed E-state index contributed by atoms with van der Waals surface area (Å²) in [6.45, 7) is 8.98. The van der Waals surface area contributed by atoms with E-state index in [4.69, 9.17) is 21.1 Å². The van der Waals surface area contributed by atoms with Gasteiger partial charge in [-0.2, -0.15) is 0 Å². The zero-order valence-corrected chi connectivity index (χ0v) is 15.3. The van der Waals surface area contributed by atoms with Crippen molar-refractivity contribution in [3.63, 3.8) is 0 Å². The number of piperazine rings is 1. The molecule has 0 N–H and O–H groups in total. The number of likely N-dealkylation sites (N-methyl/N-ethyl adjacent to an activating group) is 1. The number of carbonyl (C=O) groups excluding carboxylic acids is 1. The van der Waals surface area contributed by atoms with Gasteiger partial charge < -0.3 is 19.3 Å². The smallest absolute Gasteiger partial charge is 0.246 e. The third-order valence-electron chi connectivity index (χ3n) is 4.09. The van der Waals surface area contributed by atoms with Crippen LogP contribution in [0, 0.1) is 0 Å². The molecule has 0 saturated carbocycles. The van der Waals surface area contributed by atoms with Crippen LogP contribution in [0.25, 0.3) is 6.08 Å². The molecule has 0 unspecified atom stereocenters. The highest BCUT2D eigenvalue weighted by Crippen LogP contribution is 2.36. The average molecular weight is 353 g/mol. The van der Waals surface area contributed by atoms with Gasteiger partial charge in [0.15, 0.2) is 11.5 Å². The van der Waals surface area contributed by atoms with Crippen molar-refractivity contribution in [1.82, 2.24) is 9.80 Å². The molecule has 6 heteroatoms. The highest BCUT2D eigenvalue weighted by Gasteiger charge is 2.18. The minimum absolute atomic E-state index is 0.0238. The Morgan fingerprint density at radius 2 is 1.96 bits per heavy atom. The lowest BCUT2D eigenvalue weighted by Gasteiger charge is -2.33. The lowest BCUT2D eigenvalue weighted by Crippen LogP contribution is -2.48. The lowest BCUT2D eigenvalue weighted by molar-refractivity contribution is -0.127. The molecule has 0 atom stereocenters. The fraction of sp³-hybridized carbons (Fsp3) is 0.500. The normalized spacial score (nSPS) is 15.8. The van der Waals surface area contributed by atoms with E-state index in [-0.39, 0.29) is 5.91 Å². The number of carbonyl (C=O) groups is 1. The van der Waals surface area contributed by atoms with Crippen molar-refractivity contribution in [2.24, 2.45) is 0 Å². The third kappa shape index (κ3) is 4.65. The van der Waals surface area contributed by atoms with Gasteiger partial charge in [-0.1, -0.05) is 18.5 Å². The van der Waals surface area contributed by atoms with Gasteiger partial charge in [-0.05, 0) is 37.2 Å². The summed E-state index contributed by atoms with van der Waals surface area (Å²) in [7, 11) is 1.55. The van der Waals surface area contributed by atoms with E-state index in [9.17, 15) is 4.79 Å². The summed E-state index contributed by atoms with van der Waals surface area (Å²) in [5, 5.41) is 0.465. The van der Waals surface area contributed by atoms with Crippen LogP contribution in [0.4, 0.5) is 0 Å². The van der Waals surface area contributed by atoms with Crippen LogP contribution in [0.2, 0.25) is 5.02 Å². The van der Waals surface area contributed by atoms with Crippen molar-refractivity contribution in [2.45, 2.75) is 13.8 Å². The van der Waals surface area contributed by atoms with Gasteiger partial charge in [0.1, 0.15) is 0 Å². The van der Waals surface area contributed by atoms with Crippen LogP contribution in [-0.4, -0.2) is 62.1 Å². The molecule has 5 nitrogen and oxygen atoms in total. The summed E-state index contributed by atoms with van der Waals surface area (Å²) in [4.78, 5) is 16.5. The predicted molar refractivity (Wildman–Crippen MR) is 96.9 cm³/mol. The van der Waals surface area contributed by atoms with Gasteiger partial charge in [-0.25, -0.2) is 0 Å². The van der Waals surface area contributed by atoms with Gasteiger partial charge in [0.2, 0.25) is 5.91 Å². The minimum Gasteiger partial charge on any atom is -0.491 e. The maximum atomic E-state index is 12.3. The molecule has 1 saturated heterocycles. The standard InChI is InChI=1S/C18H25ClN2O3/c1-4-20-8-10-21(11-9-20)17(22)7-6-14-12-15(19)18(23-3)16(13-14)24-5-2/h6-7,12-13H,4-5,8-11H2,1-3H3/b7-6+. The van der Waals surface area contributed by atoms with Crippen LogP contribution in [-0.2, 0) is 4.79 Å². The van der Waals surface area contributed by atoms with Crippen molar-refractivity contribution in [1.29, 1.82) is 0 Å². The number of nitrogens with zero attached hydrogens (tertiary/aromatic N) is 2. The molecule has 0 spiro atoms. The molecular formula is C18H25ClN2O3. The SMILES string of the molecule is CCOc1cc(/C=C/C(=O)N2CCN(CC)CC2)cc(Cl)c1OC. The quantitative estimate of drug-likeness (QED) is 0.738. The summed E-state index contributed by atoms with van der Waals surface area (Å²) < 4.78 is 10.8. The first-order valence-corrected chi connectivity index (χ1v) is 8.66. The number of hydrogen-bond donors (Lipinski definition) is 0. The highest BCUT2D eigenvalue weighted by atomic mass is 35.5. The van der Waals surface area contributed by atoms with Crippen LogP contribution in [0.15, 0.2) is 18.2 Å². The number of ether oxygens (including phenoxy) is 2. The summed E-state index contributed by atoms with van der Waals surface area (Å²) >= 11 is 6.23. The second-order valence-corrected chi connectivity index (χ2v) is 5.97. The number of amides is 1. The molecule has 1 aromatic rings. The predicted octanol–water partition coefficient (Wildman–Crippen LogP) is 2.92. The summed E-state index contributed by atoms with van der Waals surface area (Å²) in [5.74, 6) is 1.12. The molecule has 132 valence electrons. The number of halogens is 1. The number of methoxy groups -OCH3 is 1. The van der Waals surface area contributed by atoms with E-state index < -0.39 is 0 Å². The second-order valence-electron chi connectivity index (χ2n) is 5.56. The Hall–Kier alpha value is -1.72. The fourth-order valence-electron chi connectivity index (χ4n) is 2.70. The molecule has 0 aromatic heterocycles. The molecular weight excluding hydrogens is 328 g/mol. The number of hydrogen-bond acceptors (Lipinski definition) is 4. The maximum Gasteiger partial charge on any atom is 0.246 e. The molecule has 1 amide bonds. The van der Waals surface area contributed by atoms with Gasteiger partial charge in [0.05, 0.1) is 18.7 Å². The van der Waals surface area contributed by atoms with Crippen LogP contribution in [0.1, 0.15) is 19.4 Å². The molecule has 2 rings (SSSR count). The Kier molecular flexibility index (Phi) is 6.94. The topological polar surface area (TPSA) is 42.0 Å². The first kappa shape index (κ1) is 18.6. The maximum absolute atomic E-state index is 12.3. The van der Waals surface area contributed by atoms with E-state index in [2.05, 4.69) is 11.8 Å². The van der Waals surface area contributed by atoms with Gasteiger partial charge in [0, 0.05) is 32.3 Å². The van der Waals surface area contributed by atoms with E-state index in [1.807, 2.05) is 17.9 Å². The van der Waals surface area contributed by atoms with E-state index in [1.165, 1.54) is 0 Å². The van der Waals surface area contributed by atoms with Crippen LogP contribution in [0.3, 0.4) is 0 Å². The number of rotatable bonds is 6. The zero-order valence-electron chi connectivity index (χ0n) is 14.5. The molecule has 0 radical (unpaired) electrons. The fourth-order valence-corrected chi connectivity index (χ4v) is 3.00. The Morgan fingerprint density at radius 3 is 2.54 bits per heavy atom. The van der Waals surface area contributed by atoms with Gasteiger partial charge >= 0.3 is 0 Å². The van der Waals surface area contributed by atoms with Gasteiger partial charge in [-0.3, -0.25) is 4.79 Å². The zero-order chi connectivity index (χ0) is 17.5. The highest BCUT2D eigenvalue weighted by molar-refractivity contribution is 6.32. The summed E-state index contributed by atoms with van der Waals surface area (Å²) in [5.41, 5.74) is 0.810. The van der Waals surface area contributed by atoms with Crippen LogP contribution in [0.5, 0.6) is 11.5 Å². The van der Waals surface area contributed by atoms with Crippen molar-refractivity contribution in [2.75, 3.05) is 46.4 Å². The molecule has 0 bridgehead atoms. The first-order valence-electron chi connectivity index (χ1n) is 8.28. The third-order valence-corrected chi connectivity index (χ3v) is 4.37. The van der Waals surface area contributed by atoms with E-state index >= 15 is 0 Å². The molecule has 24 heavy (non-hydrogen) atoms. The summed E-state index contributed by atoms with van der Waals surface area (Å²) in [6, 6.07) is 3.59. The summed E-state index contributed by atoms with van der Waals surface area (Å²) in [6.07, 6.45) is 3.36. The molecule has 1 aliphatic heterocycles. The minimum atomic E-state index is 0.0238. The van der Waals surface area contributed by atoms with Gasteiger partial charge in [0.25, 0.3) is 0 Å². The first-order chi connectivity index (χ1) is 11.6. The molecule has 1 heterocycles. The van der Waals surface area contributed by atoms with Gasteiger partial charge in [-0.15, -0.1) is 0 Å².